The Kier molecular flexibility index (Phi) is 7.77. The van der Waals surface area contributed by atoms with Gasteiger partial charge in [0, 0.05) is 26.1 Å². The predicted molar refractivity (Wildman–Crippen MR) is 125 cm³/mol. The Labute approximate surface area is 190 Å². The molecule has 0 N–H and O–H groups in total. The lowest BCUT2D eigenvalue weighted by Gasteiger charge is -2.26. The van der Waals surface area contributed by atoms with Gasteiger partial charge in [-0.1, -0.05) is 31.2 Å². The number of carbonyl (C=O) groups excluding carboxylic acids is 2. The molecule has 0 bridgehead atoms. The second kappa shape index (κ2) is 10.3. The highest BCUT2D eigenvalue weighted by molar-refractivity contribution is 7.89. The molecule has 1 unspecified atom stereocenters. The van der Waals surface area contributed by atoms with Crippen LogP contribution in [-0.2, 0) is 19.6 Å². The molecule has 2 aromatic carbocycles. The number of fused-ring (bicyclic) bond motifs is 1. The average Bonchev–Trinajstić information content (AvgIpc) is 3.19. The first-order valence-corrected chi connectivity index (χ1v) is 12.8. The van der Waals surface area contributed by atoms with Gasteiger partial charge in [0.2, 0.25) is 21.8 Å². The second-order valence-corrected chi connectivity index (χ2v) is 10.3. The summed E-state index contributed by atoms with van der Waals surface area (Å²) in [5, 5.41) is 1.94. The number of rotatable bonds is 10. The molecule has 2 amide bonds. The molecular weight excluding hydrogens is 428 g/mol. The minimum Gasteiger partial charge on any atom is -0.497 e. The largest absolute Gasteiger partial charge is 0.497 e. The third-order valence-corrected chi connectivity index (χ3v) is 7.90. The number of sulfonamides is 1. The molecule has 1 fully saturated rings. The first kappa shape index (κ1) is 24.0. The van der Waals surface area contributed by atoms with Crippen molar-refractivity contribution < 1.29 is 22.7 Å². The number of ether oxygens (including phenoxy) is 1. The van der Waals surface area contributed by atoms with Crippen molar-refractivity contribution in [3.05, 3.63) is 42.0 Å². The summed E-state index contributed by atoms with van der Waals surface area (Å²) in [6.07, 6.45) is 2.25. The van der Waals surface area contributed by atoms with Gasteiger partial charge in [0.15, 0.2) is 0 Å². The molecule has 0 aromatic heterocycles. The summed E-state index contributed by atoms with van der Waals surface area (Å²) in [4.78, 5) is 26.9. The molecule has 8 heteroatoms. The monoisotopic (exact) mass is 460 g/mol. The fraction of sp³-hybridized carbons (Fsp3) is 0.500. The molecule has 1 heterocycles. The zero-order valence-electron chi connectivity index (χ0n) is 19.0. The summed E-state index contributed by atoms with van der Waals surface area (Å²) < 4.78 is 32.1. The lowest BCUT2D eigenvalue weighted by molar-refractivity contribution is -0.128. The molecule has 0 saturated carbocycles. The van der Waals surface area contributed by atoms with Gasteiger partial charge in [-0.25, -0.2) is 12.7 Å². The lowest BCUT2D eigenvalue weighted by Crippen LogP contribution is -2.42. The van der Waals surface area contributed by atoms with Gasteiger partial charge >= 0.3 is 0 Å². The van der Waals surface area contributed by atoms with Crippen molar-refractivity contribution >= 4 is 32.6 Å². The molecule has 0 aliphatic carbocycles. The van der Waals surface area contributed by atoms with E-state index in [0.717, 1.165) is 32.8 Å². The van der Waals surface area contributed by atoms with Crippen LogP contribution in [0.4, 0.5) is 0 Å². The molecule has 1 saturated heterocycles. The highest BCUT2D eigenvalue weighted by atomic mass is 32.2. The predicted octanol–water partition coefficient (Wildman–Crippen LogP) is 3.53. The average molecular weight is 461 g/mol. The fourth-order valence-corrected chi connectivity index (χ4v) is 5.67. The van der Waals surface area contributed by atoms with Crippen LogP contribution in [0.25, 0.3) is 10.8 Å². The van der Waals surface area contributed by atoms with Gasteiger partial charge in [0.1, 0.15) is 5.75 Å². The second-order valence-electron chi connectivity index (χ2n) is 8.26. The normalized spacial score (nSPS) is 15.2. The number of nitrogens with zero attached hydrogens (tertiary/aromatic N) is 2. The van der Waals surface area contributed by atoms with E-state index in [1.165, 1.54) is 0 Å². The van der Waals surface area contributed by atoms with Crippen LogP contribution in [0.5, 0.6) is 5.75 Å². The van der Waals surface area contributed by atoms with Crippen molar-refractivity contribution in [1.29, 1.82) is 0 Å². The van der Waals surface area contributed by atoms with Crippen molar-refractivity contribution in [2.75, 3.05) is 32.5 Å². The molecule has 174 valence electrons. The maximum Gasteiger partial charge on any atom is 0.243 e. The first-order chi connectivity index (χ1) is 15.3. The lowest BCUT2D eigenvalue weighted by atomic mass is 9.97. The summed E-state index contributed by atoms with van der Waals surface area (Å²) in [7, 11) is -2.11. The van der Waals surface area contributed by atoms with Gasteiger partial charge in [-0.05, 0) is 54.7 Å². The van der Waals surface area contributed by atoms with E-state index >= 15 is 0 Å². The van der Waals surface area contributed by atoms with E-state index in [1.807, 2.05) is 36.4 Å². The van der Waals surface area contributed by atoms with Crippen molar-refractivity contribution in [2.24, 2.45) is 0 Å². The van der Waals surface area contributed by atoms with Crippen molar-refractivity contribution in [2.45, 2.75) is 45.4 Å². The van der Waals surface area contributed by atoms with E-state index in [4.69, 9.17) is 4.74 Å². The molecule has 32 heavy (non-hydrogen) atoms. The number of likely N-dealkylation sites (tertiary alicyclic amines) is 1. The van der Waals surface area contributed by atoms with Gasteiger partial charge in [-0.2, -0.15) is 0 Å². The standard InChI is InChI=1S/C24H32N2O5S/c1-4-15-32(29,30)26(14-6-13-25-12-5-7-23(25)27)24(28)18(2)19-8-9-21-17-22(31-3)11-10-20(21)16-19/h8-11,16-18H,4-7,12-15H2,1-3H3. The van der Waals surface area contributed by atoms with Gasteiger partial charge < -0.3 is 9.64 Å². The third-order valence-electron chi connectivity index (χ3n) is 5.95. The van der Waals surface area contributed by atoms with Gasteiger partial charge in [0.05, 0.1) is 18.8 Å². The number of hydrogen-bond donors (Lipinski definition) is 0. The van der Waals surface area contributed by atoms with Crippen molar-refractivity contribution in [3.8, 4) is 5.75 Å². The van der Waals surface area contributed by atoms with Gasteiger partial charge in [-0.15, -0.1) is 0 Å². The van der Waals surface area contributed by atoms with Crippen LogP contribution in [0.1, 0.15) is 51.0 Å². The summed E-state index contributed by atoms with van der Waals surface area (Å²) in [6, 6.07) is 11.4. The summed E-state index contributed by atoms with van der Waals surface area (Å²) >= 11 is 0. The molecular formula is C24H32N2O5S. The Morgan fingerprint density at radius 1 is 1.19 bits per heavy atom. The third kappa shape index (κ3) is 5.41. The maximum atomic E-state index is 13.3. The molecule has 1 aliphatic rings. The van der Waals surface area contributed by atoms with E-state index in [-0.39, 0.29) is 18.2 Å². The number of benzene rings is 2. The van der Waals surface area contributed by atoms with Crippen LogP contribution in [-0.4, -0.2) is 61.9 Å². The van der Waals surface area contributed by atoms with E-state index in [9.17, 15) is 18.0 Å². The molecule has 1 aliphatic heterocycles. The van der Waals surface area contributed by atoms with Crippen LogP contribution in [0.2, 0.25) is 0 Å². The summed E-state index contributed by atoms with van der Waals surface area (Å²) in [6.45, 7) is 4.78. The Bertz CT molecular complexity index is 1080. The number of hydrogen-bond acceptors (Lipinski definition) is 5. The number of amides is 2. The summed E-state index contributed by atoms with van der Waals surface area (Å²) in [5.41, 5.74) is 0.763. The maximum absolute atomic E-state index is 13.3. The highest BCUT2D eigenvalue weighted by Crippen LogP contribution is 2.27. The van der Waals surface area contributed by atoms with Crippen molar-refractivity contribution in [1.82, 2.24) is 9.21 Å². The SMILES string of the molecule is CCCS(=O)(=O)N(CCCN1CCCC1=O)C(=O)C(C)c1ccc2cc(OC)ccc2c1. The van der Waals surface area contributed by atoms with Crippen LogP contribution in [0.3, 0.4) is 0 Å². The van der Waals surface area contributed by atoms with Crippen LogP contribution in [0, 0.1) is 0 Å². The quantitative estimate of drug-likeness (QED) is 0.542. The smallest absolute Gasteiger partial charge is 0.243 e. The van der Waals surface area contributed by atoms with E-state index < -0.39 is 21.8 Å². The highest BCUT2D eigenvalue weighted by Gasteiger charge is 2.31. The van der Waals surface area contributed by atoms with Gasteiger partial charge in [-0.3, -0.25) is 9.59 Å². The molecule has 7 nitrogen and oxygen atoms in total. The van der Waals surface area contributed by atoms with Crippen LogP contribution < -0.4 is 4.74 Å². The van der Waals surface area contributed by atoms with Crippen molar-refractivity contribution in [3.63, 3.8) is 0 Å². The van der Waals surface area contributed by atoms with Crippen LogP contribution >= 0.6 is 0 Å². The Morgan fingerprint density at radius 2 is 1.91 bits per heavy atom. The fourth-order valence-electron chi connectivity index (χ4n) is 4.10. The van der Waals surface area contributed by atoms with E-state index in [0.29, 0.717) is 32.4 Å². The minimum absolute atomic E-state index is 0.0778. The number of methoxy groups -OCH3 is 1. The summed E-state index contributed by atoms with van der Waals surface area (Å²) in [5.74, 6) is -0.269. The van der Waals surface area contributed by atoms with E-state index in [2.05, 4.69) is 0 Å². The molecule has 0 spiro atoms. The van der Waals surface area contributed by atoms with Gasteiger partial charge in [0.25, 0.3) is 0 Å². The minimum atomic E-state index is -3.72. The van der Waals surface area contributed by atoms with Crippen LogP contribution in [0.15, 0.2) is 36.4 Å². The Balaban J connectivity index is 1.79. The first-order valence-electron chi connectivity index (χ1n) is 11.2. The zero-order chi connectivity index (χ0) is 23.3. The molecule has 3 rings (SSSR count). The zero-order valence-corrected chi connectivity index (χ0v) is 19.9. The number of carbonyl (C=O) groups is 2. The molecule has 2 aromatic rings. The van der Waals surface area contributed by atoms with E-state index in [1.54, 1.807) is 25.9 Å². The topological polar surface area (TPSA) is 84.0 Å². The Hall–Kier alpha value is -2.61. The molecule has 1 atom stereocenters. The Morgan fingerprint density at radius 3 is 2.56 bits per heavy atom. The molecule has 0 radical (unpaired) electrons.